The lowest BCUT2D eigenvalue weighted by atomic mass is 9.96. The Labute approximate surface area is 250 Å². The van der Waals surface area contributed by atoms with Crippen LogP contribution in [-0.2, 0) is 11.3 Å². The van der Waals surface area contributed by atoms with Gasteiger partial charge >= 0.3 is 5.97 Å². The molecule has 5 rings (SSSR count). The van der Waals surface area contributed by atoms with Crippen molar-refractivity contribution in [2.24, 2.45) is 5.18 Å². The Morgan fingerprint density at radius 1 is 1.14 bits per heavy atom. The zero-order chi connectivity index (χ0) is 29.8. The van der Waals surface area contributed by atoms with Crippen LogP contribution in [0.3, 0.4) is 0 Å². The van der Waals surface area contributed by atoms with Crippen LogP contribution in [0.2, 0.25) is 10.0 Å². The average molecular weight is 617 g/mol. The minimum atomic E-state index is -1.28. The maximum atomic E-state index is 15.3. The van der Waals surface area contributed by atoms with Gasteiger partial charge in [0, 0.05) is 42.9 Å². The fourth-order valence-electron chi connectivity index (χ4n) is 5.08. The van der Waals surface area contributed by atoms with Crippen LogP contribution in [0.4, 0.5) is 15.8 Å². The number of carbonyl (C=O) groups is 2. The van der Waals surface area contributed by atoms with Gasteiger partial charge in [-0.25, -0.2) is 9.18 Å². The van der Waals surface area contributed by atoms with Crippen LogP contribution in [-0.4, -0.2) is 62.5 Å². The van der Waals surface area contributed by atoms with Crippen molar-refractivity contribution in [3.05, 3.63) is 79.9 Å². The molecule has 1 amide bonds. The second-order valence-corrected chi connectivity index (χ2v) is 10.7. The average Bonchev–Trinajstić information content (AvgIpc) is 3.48. The number of hydrogen-bond donors (Lipinski definition) is 3. The number of carboxylic acid groups (broad SMARTS) is 1. The molecule has 1 atom stereocenters. The molecule has 0 unspecified atom stereocenters. The van der Waals surface area contributed by atoms with Gasteiger partial charge in [0.25, 0.3) is 5.91 Å². The van der Waals surface area contributed by atoms with E-state index in [1.54, 1.807) is 17.0 Å². The van der Waals surface area contributed by atoms with E-state index in [0.29, 0.717) is 49.8 Å². The molecule has 2 aliphatic heterocycles. The minimum Gasteiger partial charge on any atom is -0.489 e. The summed E-state index contributed by atoms with van der Waals surface area (Å²) in [7, 11) is 0. The number of ether oxygens (including phenoxy) is 2. The summed E-state index contributed by atoms with van der Waals surface area (Å²) in [4.78, 5) is 38.8. The Kier molecular flexibility index (Phi) is 9.22. The first-order valence-electron chi connectivity index (χ1n) is 13.3. The number of nitrogens with one attached hydrogen (secondary N) is 2. The predicted molar refractivity (Wildman–Crippen MR) is 157 cm³/mol. The molecule has 220 valence electrons. The Morgan fingerprint density at radius 2 is 1.88 bits per heavy atom. The van der Waals surface area contributed by atoms with E-state index in [-0.39, 0.29) is 50.6 Å². The van der Waals surface area contributed by atoms with Gasteiger partial charge in [0.1, 0.15) is 23.4 Å². The van der Waals surface area contributed by atoms with Crippen molar-refractivity contribution < 1.29 is 28.6 Å². The fourth-order valence-corrected chi connectivity index (χ4v) is 5.72. The summed E-state index contributed by atoms with van der Waals surface area (Å²) in [6.45, 7) is 3.04. The third kappa shape index (κ3) is 6.34. The van der Waals surface area contributed by atoms with Crippen LogP contribution < -0.4 is 20.3 Å². The first-order chi connectivity index (χ1) is 20.3. The van der Waals surface area contributed by atoms with Crippen molar-refractivity contribution >= 4 is 46.5 Å². The van der Waals surface area contributed by atoms with Crippen LogP contribution in [0.1, 0.15) is 32.7 Å². The molecule has 2 saturated heterocycles. The van der Waals surface area contributed by atoms with E-state index in [1.807, 2.05) is 0 Å². The van der Waals surface area contributed by atoms with Crippen molar-refractivity contribution in [1.29, 1.82) is 0 Å². The molecule has 2 fully saturated rings. The molecule has 3 N–H and O–H groups in total. The molecular formula is C29H27Cl2FN4O6. The van der Waals surface area contributed by atoms with Gasteiger partial charge in [0.15, 0.2) is 0 Å². The molecule has 0 saturated carbocycles. The molecule has 13 heteroatoms. The Morgan fingerprint density at radius 3 is 2.52 bits per heavy atom. The fraction of sp³-hybridized carbons (Fsp3) is 0.310. The molecule has 0 bridgehead atoms. The molecule has 0 spiro atoms. The number of morpholine rings is 1. The predicted octanol–water partition coefficient (Wildman–Crippen LogP) is 5.40. The van der Waals surface area contributed by atoms with Crippen LogP contribution in [0.25, 0.3) is 11.1 Å². The second kappa shape index (κ2) is 13.0. The van der Waals surface area contributed by atoms with E-state index >= 15 is 4.39 Å². The summed E-state index contributed by atoms with van der Waals surface area (Å²) in [6, 6.07) is 10.1. The number of halogens is 3. The summed E-state index contributed by atoms with van der Waals surface area (Å²) in [5.41, 5.74) is 0.511. The number of aromatic carboxylic acids is 1. The zero-order valence-corrected chi connectivity index (χ0v) is 23.8. The van der Waals surface area contributed by atoms with Crippen molar-refractivity contribution in [2.45, 2.75) is 19.1 Å². The van der Waals surface area contributed by atoms with Gasteiger partial charge in [-0.15, -0.1) is 4.91 Å². The molecule has 2 aliphatic rings. The molecule has 3 aromatic carbocycles. The Balaban J connectivity index is 1.40. The van der Waals surface area contributed by atoms with Crippen molar-refractivity contribution in [3.63, 3.8) is 0 Å². The lowest BCUT2D eigenvalue weighted by Gasteiger charge is -2.30. The number of rotatable bonds is 9. The lowest BCUT2D eigenvalue weighted by Crippen LogP contribution is -2.37. The smallest absolute Gasteiger partial charge is 0.337 e. The number of anilines is 1. The number of benzene rings is 3. The SMILES string of the molecule is O=Nc1c(CNC(=O)c2c(Cl)cc(O[C@H]3CCNC3)cc2Cl)cccc1-c1cc(N2CCOCC2)c(C(=O)O)cc1F. The maximum absolute atomic E-state index is 15.3. The summed E-state index contributed by atoms with van der Waals surface area (Å²) in [5.74, 6) is -2.25. The van der Waals surface area contributed by atoms with Crippen LogP contribution in [0.5, 0.6) is 5.75 Å². The van der Waals surface area contributed by atoms with Crippen molar-refractivity contribution in [3.8, 4) is 16.9 Å². The van der Waals surface area contributed by atoms with E-state index in [1.165, 1.54) is 24.3 Å². The number of amides is 1. The van der Waals surface area contributed by atoms with Crippen LogP contribution >= 0.6 is 23.2 Å². The van der Waals surface area contributed by atoms with Gasteiger partial charge in [-0.05, 0) is 42.4 Å². The van der Waals surface area contributed by atoms with Gasteiger partial charge in [-0.2, -0.15) is 0 Å². The van der Waals surface area contributed by atoms with Crippen LogP contribution in [0, 0.1) is 10.7 Å². The monoisotopic (exact) mass is 616 g/mol. The highest BCUT2D eigenvalue weighted by Gasteiger charge is 2.25. The number of carbonyl (C=O) groups excluding carboxylic acids is 1. The molecule has 42 heavy (non-hydrogen) atoms. The molecule has 3 aromatic rings. The van der Waals surface area contributed by atoms with Gasteiger partial charge in [-0.1, -0.05) is 41.4 Å². The van der Waals surface area contributed by atoms with Gasteiger partial charge in [0.05, 0.1) is 40.1 Å². The highest BCUT2D eigenvalue weighted by molar-refractivity contribution is 6.39. The summed E-state index contributed by atoms with van der Waals surface area (Å²) < 4.78 is 26.6. The Hall–Kier alpha value is -3.77. The molecule has 0 radical (unpaired) electrons. The molecular weight excluding hydrogens is 590 g/mol. The van der Waals surface area contributed by atoms with E-state index < -0.39 is 17.7 Å². The lowest BCUT2D eigenvalue weighted by molar-refractivity contribution is 0.0695. The van der Waals surface area contributed by atoms with E-state index in [4.69, 9.17) is 32.7 Å². The summed E-state index contributed by atoms with van der Waals surface area (Å²) >= 11 is 12.8. The second-order valence-electron chi connectivity index (χ2n) is 9.84. The molecule has 0 aromatic heterocycles. The van der Waals surface area contributed by atoms with E-state index in [9.17, 15) is 19.6 Å². The number of hydrogen-bond acceptors (Lipinski definition) is 8. The molecule has 10 nitrogen and oxygen atoms in total. The quantitative estimate of drug-likeness (QED) is 0.272. The van der Waals surface area contributed by atoms with E-state index in [2.05, 4.69) is 15.8 Å². The normalized spacial score (nSPS) is 16.7. The maximum Gasteiger partial charge on any atom is 0.337 e. The van der Waals surface area contributed by atoms with Gasteiger partial charge in [0.2, 0.25) is 0 Å². The third-order valence-electron chi connectivity index (χ3n) is 7.17. The first kappa shape index (κ1) is 29.7. The molecule has 2 heterocycles. The third-order valence-corrected chi connectivity index (χ3v) is 7.76. The van der Waals surface area contributed by atoms with Crippen LogP contribution in [0.15, 0.2) is 47.6 Å². The summed E-state index contributed by atoms with van der Waals surface area (Å²) in [6.07, 6.45) is 0.819. The van der Waals surface area contributed by atoms with Crippen molar-refractivity contribution in [1.82, 2.24) is 10.6 Å². The zero-order valence-electron chi connectivity index (χ0n) is 22.3. The van der Waals surface area contributed by atoms with Gasteiger partial charge in [-0.3, -0.25) is 4.79 Å². The largest absolute Gasteiger partial charge is 0.489 e. The van der Waals surface area contributed by atoms with Crippen molar-refractivity contribution in [2.75, 3.05) is 44.3 Å². The number of carboxylic acids is 1. The number of nitrogens with zero attached hydrogens (tertiary/aromatic N) is 2. The minimum absolute atomic E-state index is 0.00316. The summed E-state index contributed by atoms with van der Waals surface area (Å²) in [5, 5.41) is 18.9. The first-order valence-corrected chi connectivity index (χ1v) is 14.0. The number of nitroso groups, excluding NO2 is 1. The Bertz CT molecular complexity index is 1500. The highest BCUT2D eigenvalue weighted by atomic mass is 35.5. The topological polar surface area (TPSA) is 130 Å². The van der Waals surface area contributed by atoms with Gasteiger partial charge < -0.3 is 30.1 Å². The van der Waals surface area contributed by atoms with E-state index in [0.717, 1.165) is 19.0 Å². The molecule has 0 aliphatic carbocycles. The standard InChI is InChI=1S/C29H27Cl2FN4O6/c30-22-10-18(42-17-4-5-33-15-17)11-23(31)26(22)28(37)34-14-16-2-1-3-19(27(16)35-40)20-13-25(36-6-8-41-9-7-36)21(29(38)39)12-24(20)32/h1-3,10-13,17,33H,4-9,14-15H2,(H,34,37)(H,38,39)/t17-/m0/s1. The highest BCUT2D eigenvalue weighted by Crippen LogP contribution is 2.39.